The van der Waals surface area contributed by atoms with E-state index in [2.05, 4.69) is 6.92 Å². The molecule has 5 rings (SSSR count). The summed E-state index contributed by atoms with van der Waals surface area (Å²) in [6.07, 6.45) is -2.68. The van der Waals surface area contributed by atoms with Crippen molar-refractivity contribution in [2.75, 3.05) is 26.4 Å². The number of carboxylic acid groups (broad SMARTS) is 1. The Kier molecular flexibility index (Phi) is 10.0. The van der Waals surface area contributed by atoms with Crippen LogP contribution in [-0.2, 0) is 9.47 Å². The maximum atomic E-state index is 12.3. The molecule has 0 amide bonds. The number of carbonyl (C=O) groups is 2. The minimum absolute atomic E-state index is 0.000667. The molecule has 2 heterocycles. The van der Waals surface area contributed by atoms with Crippen LogP contribution in [-0.4, -0.2) is 104 Å². The highest BCUT2D eigenvalue weighted by Gasteiger charge is 2.56. The zero-order valence-corrected chi connectivity index (χ0v) is 26.5. The lowest BCUT2D eigenvalue weighted by Crippen LogP contribution is -2.68. The topological polar surface area (TPSA) is 203 Å². The van der Waals surface area contributed by atoms with E-state index >= 15 is 0 Å². The molecule has 1 saturated carbocycles. The van der Waals surface area contributed by atoms with Crippen LogP contribution in [0.5, 0.6) is 11.5 Å². The van der Waals surface area contributed by atoms with Crippen molar-refractivity contribution in [2.45, 2.75) is 89.5 Å². The quantitative estimate of drug-likeness (QED) is 0.186. The van der Waals surface area contributed by atoms with Crippen LogP contribution >= 0.6 is 0 Å². The molecule has 2 saturated heterocycles. The normalized spacial score (nSPS) is 33.7. The van der Waals surface area contributed by atoms with Crippen LogP contribution in [0.15, 0.2) is 18.2 Å². The molecule has 12 nitrogen and oxygen atoms in total. The lowest BCUT2D eigenvalue weighted by molar-refractivity contribution is -0.315. The first-order valence-electron chi connectivity index (χ1n) is 16.0. The van der Waals surface area contributed by atoms with Crippen molar-refractivity contribution < 1.29 is 59.5 Å². The van der Waals surface area contributed by atoms with Gasteiger partial charge < -0.3 is 50.0 Å². The second-order valence-electron chi connectivity index (χ2n) is 13.7. The monoisotopic (exact) mass is 646 g/mol. The van der Waals surface area contributed by atoms with Gasteiger partial charge in [0.05, 0.1) is 29.7 Å². The van der Waals surface area contributed by atoms with E-state index in [1.165, 1.54) is 19.1 Å². The zero-order chi connectivity index (χ0) is 33.6. The third-order valence-electron chi connectivity index (χ3n) is 10.8. The van der Waals surface area contributed by atoms with E-state index in [1.54, 1.807) is 6.92 Å². The van der Waals surface area contributed by atoms with Crippen molar-refractivity contribution in [3.05, 3.63) is 34.9 Å². The number of aryl methyl sites for hydroxylation is 1. The fourth-order valence-electron chi connectivity index (χ4n) is 8.35. The average Bonchev–Trinajstić information content (AvgIpc) is 3.42. The van der Waals surface area contributed by atoms with Gasteiger partial charge in [0.2, 0.25) is 6.29 Å². The summed E-state index contributed by atoms with van der Waals surface area (Å²) in [5.41, 5.74) is -1.88. The van der Waals surface area contributed by atoms with Gasteiger partial charge in [-0.2, -0.15) is 0 Å². The molecule has 7 N–H and O–H groups in total. The third kappa shape index (κ3) is 6.12. The van der Waals surface area contributed by atoms with Crippen LogP contribution in [0.25, 0.3) is 10.8 Å². The van der Waals surface area contributed by atoms with Gasteiger partial charge in [-0.3, -0.25) is 4.79 Å². The predicted molar refractivity (Wildman–Crippen MR) is 165 cm³/mol. The Hall–Kier alpha value is -2.84. The lowest BCUT2D eigenvalue weighted by atomic mass is 9.64. The van der Waals surface area contributed by atoms with Gasteiger partial charge in [-0.1, -0.05) is 13.0 Å². The Morgan fingerprint density at radius 3 is 2.50 bits per heavy atom. The van der Waals surface area contributed by atoms with Gasteiger partial charge in [0.25, 0.3) is 0 Å². The van der Waals surface area contributed by atoms with E-state index in [1.807, 2.05) is 0 Å². The van der Waals surface area contributed by atoms with Crippen molar-refractivity contribution in [3.8, 4) is 11.5 Å². The van der Waals surface area contributed by atoms with Gasteiger partial charge in [-0.15, -0.1) is 0 Å². The molecule has 2 aromatic carbocycles. The summed E-state index contributed by atoms with van der Waals surface area (Å²) in [7, 11) is 0. The number of ketones is 1. The Labute approximate surface area is 267 Å². The summed E-state index contributed by atoms with van der Waals surface area (Å²) >= 11 is 0. The van der Waals surface area contributed by atoms with Crippen molar-refractivity contribution in [1.29, 1.82) is 0 Å². The fraction of sp³-hybridized carbons (Fsp3) is 0.647. The Morgan fingerprint density at radius 2 is 1.87 bits per heavy atom. The maximum absolute atomic E-state index is 12.3. The minimum atomic E-state index is -2.05. The predicted octanol–water partition coefficient (Wildman–Crippen LogP) is 2.54. The van der Waals surface area contributed by atoms with Crippen molar-refractivity contribution >= 4 is 22.5 Å². The molecule has 12 heteroatoms. The number of Topliss-reactive ketones (excluding diaryl/α,β-unsaturated/α-hetero) is 1. The summed E-state index contributed by atoms with van der Waals surface area (Å²) < 4.78 is 17.6. The molecule has 3 aliphatic rings. The second-order valence-corrected chi connectivity index (χ2v) is 13.7. The molecule has 2 aliphatic heterocycles. The van der Waals surface area contributed by atoms with E-state index in [0.29, 0.717) is 25.2 Å². The number of ether oxygens (including phenoxy) is 3. The number of aromatic hydroxyl groups is 1. The molecule has 3 fully saturated rings. The van der Waals surface area contributed by atoms with E-state index < -0.39 is 54.3 Å². The van der Waals surface area contributed by atoms with Gasteiger partial charge in [0, 0.05) is 13.2 Å². The highest BCUT2D eigenvalue weighted by molar-refractivity contribution is 6.08. The first-order valence-corrected chi connectivity index (χ1v) is 16.0. The van der Waals surface area contributed by atoms with Crippen LogP contribution in [0, 0.1) is 30.1 Å². The largest absolute Gasteiger partial charge is 0.506 e. The SMILES string of the molecule is CC(=O)c1c(C)cc2cc(C(=O)O)cc(O[C@H]3O[C@H](CO)[C@](O)(CC[C@@H](C)[C@@H]4CCOC[C@@]45CC[C@@H](CO)C5)[C@H](O)[C@H]3O)c2c1O. The maximum Gasteiger partial charge on any atom is 0.335 e. The molecule has 1 aliphatic carbocycles. The van der Waals surface area contributed by atoms with Crippen molar-refractivity contribution in [2.24, 2.45) is 23.2 Å². The van der Waals surface area contributed by atoms with Gasteiger partial charge in [0.1, 0.15) is 35.4 Å². The highest BCUT2D eigenvalue weighted by Crippen LogP contribution is 2.54. The van der Waals surface area contributed by atoms with E-state index in [9.17, 15) is 45.3 Å². The highest BCUT2D eigenvalue weighted by atomic mass is 16.7. The first kappa shape index (κ1) is 34.5. The number of rotatable bonds is 10. The van der Waals surface area contributed by atoms with Crippen LogP contribution in [0.4, 0.5) is 0 Å². The number of hydrogen-bond donors (Lipinski definition) is 7. The number of phenols is 1. The second kappa shape index (κ2) is 13.3. The molecule has 254 valence electrons. The number of carboxylic acids is 1. The third-order valence-corrected chi connectivity index (χ3v) is 10.8. The Bertz CT molecular complexity index is 1460. The summed E-state index contributed by atoms with van der Waals surface area (Å²) in [6.45, 7) is 5.62. The van der Waals surface area contributed by atoms with Crippen LogP contribution in [0.1, 0.15) is 78.7 Å². The number of benzene rings is 2. The Morgan fingerprint density at radius 1 is 1.13 bits per heavy atom. The summed E-state index contributed by atoms with van der Waals surface area (Å²) in [5.74, 6) is -1.81. The molecular formula is C34H46O12. The van der Waals surface area contributed by atoms with E-state index in [4.69, 9.17) is 14.2 Å². The first-order chi connectivity index (χ1) is 21.8. The number of hydrogen-bond acceptors (Lipinski definition) is 11. The number of aliphatic hydroxyl groups excluding tert-OH is 4. The smallest absolute Gasteiger partial charge is 0.335 e. The number of phenolic OH excluding ortho intramolecular Hbond substituents is 1. The molecule has 0 radical (unpaired) electrons. The van der Waals surface area contributed by atoms with Crippen LogP contribution in [0.2, 0.25) is 0 Å². The minimum Gasteiger partial charge on any atom is -0.506 e. The van der Waals surface area contributed by atoms with Gasteiger partial charge in [-0.05, 0) is 98.6 Å². The fourth-order valence-corrected chi connectivity index (χ4v) is 8.35. The molecule has 2 aromatic rings. The molecule has 46 heavy (non-hydrogen) atoms. The van der Waals surface area contributed by atoms with Gasteiger partial charge >= 0.3 is 5.97 Å². The zero-order valence-electron chi connectivity index (χ0n) is 26.5. The number of aromatic carboxylic acids is 1. The molecule has 9 atom stereocenters. The van der Waals surface area contributed by atoms with Crippen molar-refractivity contribution in [1.82, 2.24) is 0 Å². The Balaban J connectivity index is 1.39. The van der Waals surface area contributed by atoms with Gasteiger partial charge in [-0.25, -0.2) is 4.79 Å². The number of fused-ring (bicyclic) bond motifs is 1. The molecular weight excluding hydrogens is 600 g/mol. The van der Waals surface area contributed by atoms with Crippen LogP contribution < -0.4 is 4.74 Å². The standard InChI is InChI=1S/C34H46O12/c1-17(23-6-9-44-16-33(23)7-5-20(13-33)14-35)4-8-34(43)25(15-36)46-32(29(39)30(34)40)45-24-12-22(31(41)42)11-21-10-18(2)26(19(3)37)28(38)27(21)24/h10-12,17,20,23,25,29-30,32,35-36,38-40,43H,4-9,13-16H2,1-3H3,(H,41,42)/t17-,20-,23+,25-,29-,30-,32+,33+,34-/m1/s1. The molecule has 0 bridgehead atoms. The summed E-state index contributed by atoms with van der Waals surface area (Å²) in [6, 6.07) is 3.95. The van der Waals surface area contributed by atoms with Crippen molar-refractivity contribution in [3.63, 3.8) is 0 Å². The average molecular weight is 647 g/mol. The van der Waals surface area contributed by atoms with E-state index in [0.717, 1.165) is 31.7 Å². The molecule has 1 spiro atoms. The lowest BCUT2D eigenvalue weighted by Gasteiger charge is -2.49. The molecule has 0 unspecified atom stereocenters. The number of aliphatic hydroxyl groups is 5. The number of carbonyl (C=O) groups excluding carboxylic acids is 1. The molecule has 0 aromatic heterocycles. The van der Waals surface area contributed by atoms with Gasteiger partial charge in [0.15, 0.2) is 5.78 Å². The summed E-state index contributed by atoms with van der Waals surface area (Å²) in [4.78, 5) is 24.2. The summed E-state index contributed by atoms with van der Waals surface area (Å²) in [5, 5.41) is 75.3. The van der Waals surface area contributed by atoms with E-state index in [-0.39, 0.29) is 63.8 Å². The van der Waals surface area contributed by atoms with Crippen LogP contribution in [0.3, 0.4) is 0 Å².